The third-order valence-electron chi connectivity index (χ3n) is 5.70. The van der Waals surface area contributed by atoms with Gasteiger partial charge >= 0.3 is 5.97 Å². The van der Waals surface area contributed by atoms with Crippen LogP contribution in [0.25, 0.3) is 0 Å². The Hall–Kier alpha value is -2.78. The van der Waals surface area contributed by atoms with Crippen molar-refractivity contribution >= 4 is 44.7 Å². The Bertz CT molecular complexity index is 1180. The van der Waals surface area contributed by atoms with Gasteiger partial charge in [0, 0.05) is 4.47 Å². The molecule has 34 heavy (non-hydrogen) atoms. The average Bonchev–Trinajstić information content (AvgIpc) is 3.13. The highest BCUT2D eigenvalue weighted by molar-refractivity contribution is 9.10. The molecule has 0 bridgehead atoms. The Labute approximate surface area is 211 Å². The summed E-state index contributed by atoms with van der Waals surface area (Å²) in [5.41, 5.74) is 2.64. The fraction of sp³-hybridized carbons (Fsp3) is 0.320. The lowest BCUT2D eigenvalue weighted by Crippen LogP contribution is -2.41. The lowest BCUT2D eigenvalue weighted by Gasteiger charge is -2.33. The van der Waals surface area contributed by atoms with Crippen LogP contribution < -0.4 is 9.47 Å². The molecule has 0 saturated carbocycles. The maximum absolute atomic E-state index is 13.7. The van der Waals surface area contributed by atoms with E-state index >= 15 is 0 Å². The number of methoxy groups -OCH3 is 2. The van der Waals surface area contributed by atoms with Crippen molar-refractivity contribution in [3.63, 3.8) is 0 Å². The van der Waals surface area contributed by atoms with Gasteiger partial charge in [-0.1, -0.05) is 45.9 Å². The molecule has 2 aromatic carbocycles. The number of amidine groups is 1. The van der Waals surface area contributed by atoms with E-state index in [0.29, 0.717) is 39.9 Å². The van der Waals surface area contributed by atoms with Crippen molar-refractivity contribution in [2.75, 3.05) is 20.8 Å². The van der Waals surface area contributed by atoms with Crippen LogP contribution in [0.5, 0.6) is 11.5 Å². The number of nitrogens with zero attached hydrogens (tertiary/aromatic N) is 2. The van der Waals surface area contributed by atoms with Crippen LogP contribution >= 0.6 is 27.7 Å². The highest BCUT2D eigenvalue weighted by atomic mass is 79.9. The van der Waals surface area contributed by atoms with Crippen molar-refractivity contribution in [1.29, 1.82) is 0 Å². The van der Waals surface area contributed by atoms with Gasteiger partial charge in [0.25, 0.3) is 0 Å². The molecule has 2 aromatic rings. The summed E-state index contributed by atoms with van der Waals surface area (Å²) in [6.45, 7) is 3.75. The van der Waals surface area contributed by atoms with Crippen molar-refractivity contribution < 1.29 is 23.8 Å². The van der Waals surface area contributed by atoms with E-state index in [0.717, 1.165) is 10.0 Å². The number of allylic oxidation sites excluding steroid dienone is 1. The maximum Gasteiger partial charge on any atom is 0.338 e. The first-order chi connectivity index (χ1) is 16.4. The van der Waals surface area contributed by atoms with E-state index < -0.39 is 12.0 Å². The van der Waals surface area contributed by atoms with Crippen LogP contribution in [0.3, 0.4) is 0 Å². The largest absolute Gasteiger partial charge is 0.493 e. The zero-order valence-corrected chi connectivity index (χ0v) is 21.7. The summed E-state index contributed by atoms with van der Waals surface area (Å²) in [5, 5.41) is 0.231. The molecule has 1 saturated heterocycles. The van der Waals surface area contributed by atoms with Gasteiger partial charge in [0.2, 0.25) is 5.91 Å². The number of thioether (sulfide) groups is 1. The molecule has 0 N–H and O–H groups in total. The monoisotopic (exact) mass is 544 g/mol. The number of hydrogen-bond acceptors (Lipinski definition) is 7. The minimum absolute atomic E-state index is 0.0965. The van der Waals surface area contributed by atoms with Gasteiger partial charge in [-0.3, -0.25) is 9.69 Å². The number of esters is 1. The molecule has 4 rings (SSSR count). The van der Waals surface area contributed by atoms with Crippen LogP contribution in [0.1, 0.15) is 31.0 Å². The van der Waals surface area contributed by atoms with Crippen LogP contribution in [0.15, 0.2) is 63.2 Å². The van der Waals surface area contributed by atoms with Crippen LogP contribution in [-0.4, -0.2) is 48.0 Å². The Balaban J connectivity index is 1.76. The molecular weight excluding hydrogens is 520 g/mol. The van der Waals surface area contributed by atoms with E-state index in [1.54, 1.807) is 45.1 Å². The molecular formula is C25H25BrN2O5S. The lowest BCUT2D eigenvalue weighted by atomic mass is 9.93. The highest BCUT2D eigenvalue weighted by Crippen LogP contribution is 2.45. The fourth-order valence-corrected chi connectivity index (χ4v) is 5.61. The van der Waals surface area contributed by atoms with Crippen LogP contribution in [0, 0.1) is 0 Å². The van der Waals surface area contributed by atoms with Gasteiger partial charge in [-0.15, -0.1) is 0 Å². The minimum atomic E-state index is -0.679. The van der Waals surface area contributed by atoms with Crippen molar-refractivity contribution in [2.24, 2.45) is 4.99 Å². The Morgan fingerprint density at radius 1 is 1.12 bits per heavy atom. The average molecular weight is 545 g/mol. The van der Waals surface area contributed by atoms with E-state index in [9.17, 15) is 9.59 Å². The predicted octanol–water partition coefficient (Wildman–Crippen LogP) is 4.90. The van der Waals surface area contributed by atoms with E-state index in [4.69, 9.17) is 14.2 Å². The van der Waals surface area contributed by atoms with Crippen molar-refractivity contribution in [1.82, 2.24) is 4.90 Å². The zero-order chi connectivity index (χ0) is 24.4. The first-order valence-electron chi connectivity index (χ1n) is 10.8. The first kappa shape index (κ1) is 24.3. The number of aliphatic imine (C=N–C) groups is 1. The molecule has 9 heteroatoms. The highest BCUT2D eigenvalue weighted by Gasteiger charge is 2.47. The smallest absolute Gasteiger partial charge is 0.338 e. The summed E-state index contributed by atoms with van der Waals surface area (Å²) in [5.74, 6) is 0.484. The molecule has 1 fully saturated rings. The van der Waals surface area contributed by atoms with Gasteiger partial charge in [0.05, 0.1) is 43.4 Å². The Morgan fingerprint density at radius 3 is 2.47 bits per heavy atom. The van der Waals surface area contributed by atoms with Crippen LogP contribution in [0.4, 0.5) is 0 Å². The van der Waals surface area contributed by atoms with Gasteiger partial charge in [0.15, 0.2) is 16.7 Å². The molecule has 7 nitrogen and oxygen atoms in total. The second-order valence-corrected chi connectivity index (χ2v) is 9.86. The number of carbonyl (C=O) groups is 2. The summed E-state index contributed by atoms with van der Waals surface area (Å²) in [4.78, 5) is 33.0. The summed E-state index contributed by atoms with van der Waals surface area (Å²) in [6, 6.07) is 12.6. The molecule has 178 valence electrons. The van der Waals surface area contributed by atoms with E-state index in [1.807, 2.05) is 30.3 Å². The van der Waals surface area contributed by atoms with Crippen molar-refractivity contribution in [3.8, 4) is 11.5 Å². The van der Waals surface area contributed by atoms with Gasteiger partial charge in [-0.05, 0) is 55.7 Å². The third kappa shape index (κ3) is 4.59. The lowest BCUT2D eigenvalue weighted by molar-refractivity contribution is -0.139. The predicted molar refractivity (Wildman–Crippen MR) is 135 cm³/mol. The quantitative estimate of drug-likeness (QED) is 0.461. The first-order valence-corrected chi connectivity index (χ1v) is 12.5. The standard InChI is InChI=1S/C25H25BrN2O5S/c1-5-33-24(30)21-14(2)27-25-28(22(21)16-8-11-18(31-3)19(13-16)32-4)23(29)20(34-25)12-15-6-9-17(26)10-7-15/h6-11,13,20,22H,5,12H2,1-4H3. The second-order valence-electron chi connectivity index (χ2n) is 7.78. The number of hydrogen-bond donors (Lipinski definition) is 0. The molecule has 0 aliphatic carbocycles. The second kappa shape index (κ2) is 10.2. The normalized spacial score (nSPS) is 19.6. The summed E-state index contributed by atoms with van der Waals surface area (Å²) in [7, 11) is 3.11. The van der Waals surface area contributed by atoms with Crippen LogP contribution in [0.2, 0.25) is 0 Å². The fourth-order valence-electron chi connectivity index (χ4n) is 4.10. The summed E-state index contributed by atoms with van der Waals surface area (Å²) in [6.07, 6.45) is 0.554. The van der Waals surface area contributed by atoms with Gasteiger partial charge < -0.3 is 14.2 Å². The molecule has 0 spiro atoms. The molecule has 2 aliphatic rings. The van der Waals surface area contributed by atoms with E-state index in [1.165, 1.54) is 11.8 Å². The molecule has 2 aliphatic heterocycles. The van der Waals surface area contributed by atoms with Gasteiger partial charge in [0.1, 0.15) is 0 Å². The number of halogens is 1. The summed E-state index contributed by atoms with van der Waals surface area (Å²) < 4.78 is 17.2. The molecule has 2 atom stereocenters. The van der Waals surface area contributed by atoms with Gasteiger partial charge in [-0.2, -0.15) is 0 Å². The molecule has 2 heterocycles. The molecule has 2 unspecified atom stereocenters. The van der Waals surface area contributed by atoms with Gasteiger partial charge in [-0.25, -0.2) is 9.79 Å². The number of ether oxygens (including phenoxy) is 3. The van der Waals surface area contributed by atoms with Crippen LogP contribution in [-0.2, 0) is 20.7 Å². The maximum atomic E-state index is 13.7. The number of rotatable bonds is 7. The number of benzene rings is 2. The van der Waals surface area contributed by atoms with E-state index in [-0.39, 0.29) is 17.8 Å². The molecule has 0 radical (unpaired) electrons. The number of carbonyl (C=O) groups excluding carboxylic acids is 2. The molecule has 0 aromatic heterocycles. The Kier molecular flexibility index (Phi) is 7.33. The van der Waals surface area contributed by atoms with E-state index in [2.05, 4.69) is 20.9 Å². The zero-order valence-electron chi connectivity index (χ0n) is 19.3. The Morgan fingerprint density at radius 2 is 1.82 bits per heavy atom. The van der Waals surface area contributed by atoms with Crippen molar-refractivity contribution in [2.45, 2.75) is 31.6 Å². The van der Waals surface area contributed by atoms with Crippen molar-refractivity contribution in [3.05, 3.63) is 69.3 Å². The topological polar surface area (TPSA) is 77.4 Å². The SMILES string of the molecule is CCOC(=O)C1=C(C)N=C2SC(Cc3ccc(Br)cc3)C(=O)N2C1c1ccc(OC)c(OC)c1. The summed E-state index contributed by atoms with van der Waals surface area (Å²) >= 11 is 4.87. The third-order valence-corrected chi connectivity index (χ3v) is 7.38. The molecule has 1 amide bonds. The minimum Gasteiger partial charge on any atom is -0.493 e. The number of amides is 1. The number of fused-ring (bicyclic) bond motifs is 1.